The van der Waals surface area contributed by atoms with Gasteiger partial charge in [-0.25, -0.2) is 4.68 Å². The van der Waals surface area contributed by atoms with Crippen molar-refractivity contribution < 1.29 is 9.53 Å². The zero-order valence-electron chi connectivity index (χ0n) is 26.1. The Morgan fingerprint density at radius 1 is 1.16 bits per heavy atom. The molecule has 4 aromatic rings. The van der Waals surface area contributed by atoms with Crippen LogP contribution < -0.4 is 15.3 Å². The molecule has 1 saturated heterocycles. The summed E-state index contributed by atoms with van der Waals surface area (Å²) in [5.74, 6) is 1.31. The monoisotopic (exact) mass is 584 g/mol. The van der Waals surface area contributed by atoms with E-state index in [-0.39, 0.29) is 0 Å². The van der Waals surface area contributed by atoms with Crippen LogP contribution in [0.25, 0.3) is 22.3 Å². The van der Waals surface area contributed by atoms with Gasteiger partial charge in [0.15, 0.2) is 0 Å². The number of hydrogen-bond acceptors (Lipinski definition) is 7. The van der Waals surface area contributed by atoms with Crippen molar-refractivity contribution in [2.45, 2.75) is 57.5 Å². The first-order valence-electron chi connectivity index (χ1n) is 15.5. The van der Waals surface area contributed by atoms with Gasteiger partial charge in [-0.2, -0.15) is 5.10 Å². The third kappa shape index (κ3) is 6.11. The molecule has 3 aromatic heterocycles. The molecule has 6 rings (SSSR count). The van der Waals surface area contributed by atoms with Crippen molar-refractivity contribution in [1.29, 1.82) is 0 Å². The molecule has 1 N–H and O–H groups in total. The van der Waals surface area contributed by atoms with Crippen molar-refractivity contribution in [1.82, 2.24) is 29.2 Å². The lowest BCUT2D eigenvalue weighted by Gasteiger charge is -2.36. The first-order valence-corrected chi connectivity index (χ1v) is 15.5. The Morgan fingerprint density at radius 3 is 2.67 bits per heavy atom. The van der Waals surface area contributed by atoms with E-state index in [4.69, 9.17) is 4.74 Å². The molecule has 0 radical (unpaired) electrons. The Bertz CT molecular complexity index is 1660. The van der Waals surface area contributed by atoms with Crippen LogP contribution in [-0.4, -0.2) is 82.4 Å². The summed E-state index contributed by atoms with van der Waals surface area (Å²) in [5.41, 5.74) is 7.43. The Hall–Kier alpha value is -3.92. The van der Waals surface area contributed by atoms with Gasteiger partial charge >= 0.3 is 0 Å². The van der Waals surface area contributed by atoms with Gasteiger partial charge in [-0.1, -0.05) is 0 Å². The van der Waals surface area contributed by atoms with Crippen LogP contribution in [0, 0.1) is 12.8 Å². The van der Waals surface area contributed by atoms with Crippen LogP contribution in [0.15, 0.2) is 41.5 Å². The van der Waals surface area contributed by atoms with Crippen LogP contribution in [0.4, 0.5) is 5.69 Å². The largest absolute Gasteiger partial charge is 0.477 e. The number of nitrogens with one attached hydrogen (secondary N) is 1. The number of aromatic nitrogens is 5. The molecule has 2 fully saturated rings. The van der Waals surface area contributed by atoms with Crippen LogP contribution in [0.5, 0.6) is 5.88 Å². The minimum absolute atomic E-state index is 0.347. The molecule has 1 atom stereocenters. The Balaban J connectivity index is 1.20. The number of pyridine rings is 1. The Labute approximate surface area is 253 Å². The van der Waals surface area contributed by atoms with E-state index in [9.17, 15) is 4.79 Å². The van der Waals surface area contributed by atoms with Crippen LogP contribution in [0.2, 0.25) is 0 Å². The lowest BCUT2D eigenvalue weighted by atomic mass is 10.0. The SMILES string of the molecule is C/N=c1\[nH]c2ccc(N(C)C3CCN(C)CC3)cc2n1C(CCCOc1c(-c2cc(C=O)cc(C)n2)cnn1C)C1CC1. The minimum atomic E-state index is 0.347. The quantitative estimate of drug-likeness (QED) is 0.202. The van der Waals surface area contributed by atoms with Gasteiger partial charge in [0.05, 0.1) is 35.1 Å². The first-order chi connectivity index (χ1) is 20.9. The molecule has 10 heteroatoms. The van der Waals surface area contributed by atoms with E-state index in [1.807, 2.05) is 21.0 Å². The average Bonchev–Trinajstić information content (AvgIpc) is 3.70. The molecular formula is C33H44N8O2. The molecule has 1 aromatic carbocycles. The highest BCUT2D eigenvalue weighted by Gasteiger charge is 2.34. The fraction of sp³-hybridized carbons (Fsp3) is 0.515. The minimum Gasteiger partial charge on any atom is -0.477 e. The maximum atomic E-state index is 11.4. The predicted molar refractivity (Wildman–Crippen MR) is 170 cm³/mol. The van der Waals surface area contributed by atoms with Gasteiger partial charge in [-0.3, -0.25) is 14.8 Å². The number of imidazole rings is 1. The van der Waals surface area contributed by atoms with Crippen molar-refractivity contribution in [2.24, 2.45) is 18.0 Å². The standard InChI is InChI=1S/C33H44N8O2/c1-22-17-23(21-42)18-29(36-22)27-20-35-40(5)32(27)43-16-6-7-30(24-8-9-24)41-31-19-26(10-11-28(31)37-33(41)34-2)39(4)25-12-14-38(3)15-13-25/h10-11,17-21,24-25,30H,6-9,12-16H2,1-5H3,(H,34,37). The number of H-pyrrole nitrogens is 1. The van der Waals surface area contributed by atoms with Gasteiger partial charge in [-0.15, -0.1) is 0 Å². The second kappa shape index (κ2) is 12.4. The second-order valence-corrected chi connectivity index (χ2v) is 12.3. The highest BCUT2D eigenvalue weighted by atomic mass is 16.5. The van der Waals surface area contributed by atoms with Gasteiger partial charge in [0.2, 0.25) is 11.5 Å². The number of nitrogens with zero attached hydrogens (tertiary/aromatic N) is 7. The summed E-state index contributed by atoms with van der Waals surface area (Å²) in [6.07, 6.45) is 9.36. The second-order valence-electron chi connectivity index (χ2n) is 12.3. The molecule has 43 heavy (non-hydrogen) atoms. The van der Waals surface area contributed by atoms with Crippen molar-refractivity contribution in [3.63, 3.8) is 0 Å². The number of benzene rings is 1. The van der Waals surface area contributed by atoms with Crippen LogP contribution in [0.3, 0.4) is 0 Å². The van der Waals surface area contributed by atoms with Gasteiger partial charge in [0, 0.05) is 50.2 Å². The molecule has 0 bridgehead atoms. The number of carbonyl (C=O) groups is 1. The molecule has 10 nitrogen and oxygen atoms in total. The van der Waals surface area contributed by atoms with E-state index in [0.29, 0.717) is 41.7 Å². The molecule has 4 heterocycles. The number of aldehydes is 1. The summed E-state index contributed by atoms with van der Waals surface area (Å²) in [6, 6.07) is 11.3. The van der Waals surface area contributed by atoms with Gasteiger partial charge in [-0.05, 0) is 102 Å². The van der Waals surface area contributed by atoms with Crippen molar-refractivity contribution in [3.05, 3.63) is 53.4 Å². The topological polar surface area (TPSA) is 96.6 Å². The highest BCUT2D eigenvalue weighted by molar-refractivity contribution is 5.80. The lowest BCUT2D eigenvalue weighted by Crippen LogP contribution is -2.42. The van der Waals surface area contributed by atoms with E-state index in [2.05, 4.69) is 66.7 Å². The molecule has 2 aliphatic rings. The number of hydrogen-bond donors (Lipinski definition) is 1. The summed E-state index contributed by atoms with van der Waals surface area (Å²) in [4.78, 5) is 29.2. The third-order valence-corrected chi connectivity index (χ3v) is 9.22. The molecule has 0 spiro atoms. The average molecular weight is 585 g/mol. The summed E-state index contributed by atoms with van der Waals surface area (Å²) in [5, 5.41) is 4.42. The first kappa shape index (κ1) is 29.2. The molecular weight excluding hydrogens is 540 g/mol. The Kier molecular flexibility index (Phi) is 8.38. The number of rotatable bonds is 11. The molecule has 0 amide bonds. The number of anilines is 1. The summed E-state index contributed by atoms with van der Waals surface area (Å²) >= 11 is 0. The van der Waals surface area contributed by atoms with E-state index < -0.39 is 0 Å². The lowest BCUT2D eigenvalue weighted by molar-refractivity contribution is 0.112. The highest BCUT2D eigenvalue weighted by Crippen LogP contribution is 2.43. The van der Waals surface area contributed by atoms with Crippen LogP contribution in [-0.2, 0) is 7.05 Å². The number of piperidine rings is 1. The molecule has 1 aliphatic heterocycles. The number of carbonyl (C=O) groups excluding carboxylic acids is 1. The number of aryl methyl sites for hydroxylation is 2. The number of ether oxygens (including phenoxy) is 1. The molecule has 1 unspecified atom stereocenters. The molecule has 1 saturated carbocycles. The normalized spacial score (nSPS) is 17.5. The number of aromatic amines is 1. The summed E-state index contributed by atoms with van der Waals surface area (Å²) < 4.78 is 10.5. The number of fused-ring (bicyclic) bond motifs is 1. The van der Waals surface area contributed by atoms with Crippen molar-refractivity contribution >= 4 is 23.0 Å². The van der Waals surface area contributed by atoms with Crippen molar-refractivity contribution in [2.75, 3.05) is 45.7 Å². The summed E-state index contributed by atoms with van der Waals surface area (Å²) in [6.45, 7) is 4.75. The van der Waals surface area contributed by atoms with E-state index >= 15 is 0 Å². The van der Waals surface area contributed by atoms with Crippen LogP contribution >= 0.6 is 0 Å². The van der Waals surface area contributed by atoms with Crippen LogP contribution in [0.1, 0.15) is 60.6 Å². The molecule has 1 aliphatic carbocycles. The third-order valence-electron chi connectivity index (χ3n) is 9.22. The Morgan fingerprint density at radius 2 is 1.95 bits per heavy atom. The van der Waals surface area contributed by atoms with E-state index in [1.54, 1.807) is 23.0 Å². The maximum absolute atomic E-state index is 11.4. The van der Waals surface area contributed by atoms with Gasteiger partial charge in [0.1, 0.15) is 6.29 Å². The number of likely N-dealkylation sites (tertiary alicyclic amines) is 1. The predicted octanol–water partition coefficient (Wildman–Crippen LogP) is 4.76. The maximum Gasteiger partial charge on any atom is 0.221 e. The van der Waals surface area contributed by atoms with E-state index in [0.717, 1.165) is 54.6 Å². The van der Waals surface area contributed by atoms with Crippen molar-refractivity contribution in [3.8, 4) is 17.1 Å². The fourth-order valence-electron chi connectivity index (χ4n) is 6.62. The zero-order chi connectivity index (χ0) is 30.1. The fourth-order valence-corrected chi connectivity index (χ4v) is 6.62. The van der Waals surface area contributed by atoms with Gasteiger partial charge in [0.25, 0.3) is 0 Å². The summed E-state index contributed by atoms with van der Waals surface area (Å²) in [7, 11) is 8.21. The molecule has 228 valence electrons. The smallest absolute Gasteiger partial charge is 0.221 e. The van der Waals surface area contributed by atoms with E-state index in [1.165, 1.54) is 36.9 Å². The van der Waals surface area contributed by atoms with Gasteiger partial charge < -0.3 is 24.1 Å². The zero-order valence-corrected chi connectivity index (χ0v) is 26.1.